The largest absolute Gasteiger partial charge is 0.261 e. The van der Waals surface area contributed by atoms with Gasteiger partial charge in [-0.1, -0.05) is 80.4 Å². The molecule has 0 aromatic heterocycles. The van der Waals surface area contributed by atoms with E-state index in [0.29, 0.717) is 30.5 Å². The first-order chi connectivity index (χ1) is 14.0. The van der Waals surface area contributed by atoms with Crippen LogP contribution < -0.4 is 0 Å². The van der Waals surface area contributed by atoms with Gasteiger partial charge in [-0.15, -0.1) is 0 Å². The summed E-state index contributed by atoms with van der Waals surface area (Å²) in [4.78, 5) is -0.437. The van der Waals surface area contributed by atoms with Gasteiger partial charge >= 0.3 is 0 Å². The average Bonchev–Trinajstić information content (AvgIpc) is 2.67. The van der Waals surface area contributed by atoms with Crippen molar-refractivity contribution in [2.24, 2.45) is 0 Å². The lowest BCUT2D eigenvalue weighted by molar-refractivity contribution is 0.607. The Morgan fingerprint density at radius 1 is 0.567 bits per heavy atom. The van der Waals surface area contributed by atoms with Crippen LogP contribution in [0.15, 0.2) is 79.4 Å². The summed E-state index contributed by atoms with van der Waals surface area (Å²) in [6.45, 7) is 0. The number of fused-ring (bicyclic) bond motifs is 2. The topological polar surface area (TPSA) is 68.3 Å². The fraction of sp³-hybridized carbons (Fsp3) is 0. The molecular formula is C20H10Br2Cl2O4S2. The minimum atomic E-state index is -4.24. The van der Waals surface area contributed by atoms with Crippen LogP contribution in [-0.4, -0.2) is 16.8 Å². The van der Waals surface area contributed by atoms with Gasteiger partial charge in [0.2, 0.25) is 0 Å². The third-order valence-electron chi connectivity index (χ3n) is 4.69. The van der Waals surface area contributed by atoms with Crippen LogP contribution in [0.4, 0.5) is 0 Å². The van der Waals surface area contributed by atoms with Crippen molar-refractivity contribution in [1.29, 1.82) is 0 Å². The first-order valence-corrected chi connectivity index (χ1v) is 14.5. The van der Waals surface area contributed by atoms with E-state index in [1.54, 1.807) is 48.5 Å². The van der Waals surface area contributed by atoms with Crippen LogP contribution in [0.25, 0.3) is 32.7 Å². The summed E-state index contributed by atoms with van der Waals surface area (Å²) in [5, 5.41) is 2.42. The summed E-state index contributed by atoms with van der Waals surface area (Å²) in [5.74, 6) is 0. The van der Waals surface area contributed by atoms with Gasteiger partial charge in [-0.3, -0.25) is 0 Å². The highest BCUT2D eigenvalue weighted by Gasteiger charge is 2.28. The van der Waals surface area contributed by atoms with Crippen LogP contribution in [0.1, 0.15) is 0 Å². The highest BCUT2D eigenvalue weighted by Crippen LogP contribution is 2.47. The van der Waals surface area contributed by atoms with Gasteiger partial charge < -0.3 is 0 Å². The van der Waals surface area contributed by atoms with Crippen LogP contribution in [-0.2, 0) is 18.1 Å². The zero-order valence-electron chi connectivity index (χ0n) is 14.7. The molecule has 0 spiro atoms. The zero-order valence-corrected chi connectivity index (χ0v) is 21.1. The molecule has 0 fully saturated rings. The smallest absolute Gasteiger partial charge is 0.207 e. The molecule has 0 saturated carbocycles. The average molecular weight is 609 g/mol. The Morgan fingerprint density at radius 2 is 0.867 bits per heavy atom. The first kappa shape index (κ1) is 22.0. The summed E-state index contributed by atoms with van der Waals surface area (Å²) >= 11 is 6.78. The second-order valence-electron chi connectivity index (χ2n) is 6.43. The van der Waals surface area contributed by atoms with Crippen molar-refractivity contribution in [2.75, 3.05) is 0 Å². The van der Waals surface area contributed by atoms with Crippen molar-refractivity contribution in [3.05, 3.63) is 69.6 Å². The maximum absolute atomic E-state index is 12.5. The Bertz CT molecular complexity index is 1450. The van der Waals surface area contributed by atoms with Crippen molar-refractivity contribution in [3.8, 4) is 11.1 Å². The van der Waals surface area contributed by atoms with E-state index < -0.39 is 18.1 Å². The minimum Gasteiger partial charge on any atom is -0.207 e. The molecule has 10 heteroatoms. The molecule has 30 heavy (non-hydrogen) atoms. The predicted molar refractivity (Wildman–Crippen MR) is 128 cm³/mol. The van der Waals surface area contributed by atoms with Crippen LogP contribution >= 0.6 is 53.2 Å². The van der Waals surface area contributed by atoms with Crippen molar-refractivity contribution in [3.63, 3.8) is 0 Å². The van der Waals surface area contributed by atoms with Gasteiger partial charge in [-0.25, -0.2) is 16.8 Å². The van der Waals surface area contributed by atoms with Crippen LogP contribution in [0, 0.1) is 0 Å². The highest BCUT2D eigenvalue weighted by atomic mass is 79.9. The molecule has 4 aromatic carbocycles. The lowest BCUT2D eigenvalue weighted by Gasteiger charge is -2.18. The van der Waals surface area contributed by atoms with Crippen molar-refractivity contribution >= 4 is 92.9 Å². The van der Waals surface area contributed by atoms with E-state index in [-0.39, 0.29) is 20.9 Å². The molecule has 0 N–H and O–H groups in total. The fourth-order valence-corrected chi connectivity index (χ4v) is 7.13. The first-order valence-electron chi connectivity index (χ1n) is 8.32. The predicted octanol–water partition coefficient (Wildman–Crippen LogP) is 7.04. The normalized spacial score (nSPS) is 12.5. The quantitative estimate of drug-likeness (QED) is 0.234. The molecule has 0 aliphatic carbocycles. The van der Waals surface area contributed by atoms with Gasteiger partial charge in [0, 0.05) is 41.4 Å². The summed E-state index contributed by atoms with van der Waals surface area (Å²) in [6, 6.07) is 16.8. The molecule has 0 amide bonds. The summed E-state index contributed by atoms with van der Waals surface area (Å²) in [6.07, 6.45) is 0. The summed E-state index contributed by atoms with van der Waals surface area (Å²) in [7, 11) is 3.10. The lowest BCUT2D eigenvalue weighted by Crippen LogP contribution is -2.02. The summed E-state index contributed by atoms with van der Waals surface area (Å²) in [5.41, 5.74) is 0.346. The van der Waals surface area contributed by atoms with Crippen LogP contribution in [0.3, 0.4) is 0 Å². The van der Waals surface area contributed by atoms with E-state index in [2.05, 4.69) is 31.9 Å². The molecular weight excluding hydrogens is 599 g/mol. The van der Waals surface area contributed by atoms with Crippen LogP contribution in [0.2, 0.25) is 0 Å². The number of hydrogen-bond donors (Lipinski definition) is 0. The molecule has 4 nitrogen and oxygen atoms in total. The molecule has 0 radical (unpaired) electrons. The molecule has 0 unspecified atom stereocenters. The molecule has 0 bridgehead atoms. The zero-order chi connectivity index (χ0) is 21.8. The Labute approximate surface area is 198 Å². The standard InChI is InChI=1S/C20H10Br2Cl2O4S2/c21-15-9-17(29(23,25)26)19(13-7-3-1-5-11(13)15)20-14-8-4-2-6-12(14)16(22)10-18(20)30(24,27)28/h1-10H. The molecule has 0 heterocycles. The van der Waals surface area contributed by atoms with Crippen molar-refractivity contribution in [1.82, 2.24) is 0 Å². The molecule has 0 aliphatic heterocycles. The van der Waals surface area contributed by atoms with Gasteiger partial charge in [0.1, 0.15) is 0 Å². The molecule has 0 aliphatic rings. The SMILES string of the molecule is O=S(=O)(Cl)c1cc(Br)c2ccccc2c1-c1c(S(=O)(=O)Cl)cc(Br)c2ccccc12. The molecule has 0 saturated heterocycles. The van der Waals surface area contributed by atoms with Gasteiger partial charge in [-0.05, 0) is 33.7 Å². The lowest BCUT2D eigenvalue weighted by atomic mass is 9.93. The number of halogens is 4. The summed E-state index contributed by atoms with van der Waals surface area (Å²) < 4.78 is 51.2. The Balaban J connectivity index is 2.39. The second-order valence-corrected chi connectivity index (χ2v) is 13.2. The van der Waals surface area contributed by atoms with Gasteiger partial charge in [0.05, 0.1) is 9.79 Å². The third kappa shape index (κ3) is 3.78. The van der Waals surface area contributed by atoms with E-state index in [1.165, 1.54) is 12.1 Å². The maximum atomic E-state index is 12.5. The van der Waals surface area contributed by atoms with Gasteiger partial charge in [0.25, 0.3) is 18.1 Å². The van der Waals surface area contributed by atoms with E-state index in [9.17, 15) is 16.8 Å². The Morgan fingerprint density at radius 3 is 1.17 bits per heavy atom. The molecule has 154 valence electrons. The van der Waals surface area contributed by atoms with E-state index in [0.717, 1.165) is 0 Å². The van der Waals surface area contributed by atoms with Crippen molar-refractivity contribution in [2.45, 2.75) is 9.79 Å². The van der Waals surface area contributed by atoms with Crippen molar-refractivity contribution < 1.29 is 16.8 Å². The second kappa shape index (κ2) is 7.76. The molecule has 4 aromatic rings. The van der Waals surface area contributed by atoms with Gasteiger partial charge in [0.15, 0.2) is 0 Å². The number of rotatable bonds is 3. The van der Waals surface area contributed by atoms with E-state index in [1.807, 2.05) is 0 Å². The Kier molecular flexibility index (Phi) is 5.70. The van der Waals surface area contributed by atoms with Gasteiger partial charge in [-0.2, -0.15) is 0 Å². The third-order valence-corrected chi connectivity index (χ3v) is 8.70. The van der Waals surface area contributed by atoms with E-state index in [4.69, 9.17) is 21.4 Å². The minimum absolute atomic E-state index is 0.173. The molecule has 0 atom stereocenters. The number of hydrogen-bond acceptors (Lipinski definition) is 4. The van der Waals surface area contributed by atoms with Crippen LogP contribution in [0.5, 0.6) is 0 Å². The van der Waals surface area contributed by atoms with E-state index >= 15 is 0 Å². The fourth-order valence-electron chi connectivity index (χ4n) is 3.51. The Hall–Kier alpha value is -1.16. The highest BCUT2D eigenvalue weighted by molar-refractivity contribution is 9.11. The number of benzene rings is 4. The molecule has 4 rings (SSSR count). The monoisotopic (exact) mass is 606 g/mol. The maximum Gasteiger partial charge on any atom is 0.261 e.